The number of nitrogens with one attached hydrogen (secondary N) is 1. The molecule has 1 amide bonds. The summed E-state index contributed by atoms with van der Waals surface area (Å²) in [6.07, 6.45) is 0.456. The second-order valence-electron chi connectivity index (χ2n) is 7.39. The summed E-state index contributed by atoms with van der Waals surface area (Å²) in [7, 11) is 0. The Balaban J connectivity index is 1.89. The number of alkyl carbamates (subject to hydrolysis) is 1. The summed E-state index contributed by atoms with van der Waals surface area (Å²) >= 11 is 0. The molecular formula is C20H24N2O2. The van der Waals surface area contributed by atoms with Gasteiger partial charge in [0.05, 0.1) is 5.54 Å². The van der Waals surface area contributed by atoms with E-state index >= 15 is 0 Å². The van der Waals surface area contributed by atoms with Crippen LogP contribution in [0.25, 0.3) is 0 Å². The van der Waals surface area contributed by atoms with E-state index in [4.69, 9.17) is 10.5 Å². The minimum Gasteiger partial charge on any atom is -0.444 e. The zero-order chi connectivity index (χ0) is 17.4. The number of hydrogen-bond acceptors (Lipinski definition) is 3. The summed E-state index contributed by atoms with van der Waals surface area (Å²) in [5.74, 6) is 0.231. The summed E-state index contributed by atoms with van der Waals surface area (Å²) in [5, 5.41) is 3.11. The highest BCUT2D eigenvalue weighted by atomic mass is 16.6. The Morgan fingerprint density at radius 1 is 1.12 bits per heavy atom. The van der Waals surface area contributed by atoms with Gasteiger partial charge in [0.1, 0.15) is 5.60 Å². The van der Waals surface area contributed by atoms with E-state index in [-0.39, 0.29) is 5.92 Å². The molecule has 2 aromatic carbocycles. The lowest BCUT2D eigenvalue weighted by Crippen LogP contribution is -2.40. The van der Waals surface area contributed by atoms with Crippen molar-refractivity contribution < 1.29 is 9.53 Å². The molecule has 24 heavy (non-hydrogen) atoms. The van der Waals surface area contributed by atoms with E-state index in [9.17, 15) is 4.79 Å². The smallest absolute Gasteiger partial charge is 0.408 e. The van der Waals surface area contributed by atoms with Crippen molar-refractivity contribution in [1.82, 2.24) is 5.32 Å². The first-order valence-electron chi connectivity index (χ1n) is 8.22. The van der Waals surface area contributed by atoms with Gasteiger partial charge < -0.3 is 15.8 Å². The van der Waals surface area contributed by atoms with Gasteiger partial charge in [0.2, 0.25) is 0 Å². The zero-order valence-electron chi connectivity index (χ0n) is 14.4. The normalized spacial score (nSPS) is 22.7. The van der Waals surface area contributed by atoms with E-state index in [2.05, 4.69) is 17.4 Å². The molecule has 2 atom stereocenters. The first-order valence-corrected chi connectivity index (χ1v) is 8.22. The maximum atomic E-state index is 12.4. The van der Waals surface area contributed by atoms with Gasteiger partial charge in [-0.05, 0) is 50.5 Å². The molecule has 1 aliphatic carbocycles. The highest BCUT2D eigenvalue weighted by Gasteiger charge is 2.57. The maximum absolute atomic E-state index is 12.4. The van der Waals surface area contributed by atoms with Crippen LogP contribution in [-0.4, -0.2) is 11.7 Å². The number of nitrogens with two attached hydrogens (primary N) is 1. The monoisotopic (exact) mass is 324 g/mol. The Hall–Kier alpha value is -2.49. The lowest BCUT2D eigenvalue weighted by Gasteiger charge is -2.25. The predicted octanol–water partition coefficient (Wildman–Crippen LogP) is 4.18. The Morgan fingerprint density at radius 3 is 2.33 bits per heavy atom. The molecule has 1 aliphatic rings. The highest BCUT2D eigenvalue weighted by Crippen LogP contribution is 2.58. The fourth-order valence-corrected chi connectivity index (χ4v) is 3.15. The number of carbonyl (C=O) groups excluding carboxylic acids is 1. The SMILES string of the molecule is CC(C)(C)OC(=O)N[C@]1(c2ccc(N)cc2)C[C@H]1c1ccccc1. The lowest BCUT2D eigenvalue weighted by atomic mass is 9.98. The largest absolute Gasteiger partial charge is 0.444 e. The molecule has 4 heteroatoms. The second-order valence-corrected chi connectivity index (χ2v) is 7.39. The molecule has 126 valence electrons. The molecule has 0 radical (unpaired) electrons. The van der Waals surface area contributed by atoms with E-state index in [0.717, 1.165) is 12.0 Å². The Morgan fingerprint density at radius 2 is 1.75 bits per heavy atom. The Labute approximate surface area is 143 Å². The molecule has 0 unspecified atom stereocenters. The van der Waals surface area contributed by atoms with E-state index in [1.54, 1.807) is 0 Å². The fraction of sp³-hybridized carbons (Fsp3) is 0.350. The van der Waals surface area contributed by atoms with Crippen molar-refractivity contribution >= 4 is 11.8 Å². The number of ether oxygens (including phenoxy) is 1. The van der Waals surface area contributed by atoms with Crippen molar-refractivity contribution in [3.05, 3.63) is 65.7 Å². The number of nitrogen functional groups attached to an aromatic ring is 1. The third-order valence-corrected chi connectivity index (χ3v) is 4.31. The molecular weight excluding hydrogens is 300 g/mol. The topological polar surface area (TPSA) is 64.3 Å². The molecule has 0 spiro atoms. The van der Waals surface area contributed by atoms with E-state index < -0.39 is 17.2 Å². The van der Waals surface area contributed by atoms with Crippen LogP contribution in [0.4, 0.5) is 10.5 Å². The van der Waals surface area contributed by atoms with Crippen LogP contribution in [0.15, 0.2) is 54.6 Å². The van der Waals surface area contributed by atoms with Crippen LogP contribution < -0.4 is 11.1 Å². The molecule has 4 nitrogen and oxygen atoms in total. The van der Waals surface area contributed by atoms with Crippen molar-refractivity contribution in [3.8, 4) is 0 Å². The second kappa shape index (κ2) is 5.86. The van der Waals surface area contributed by atoms with Gasteiger partial charge >= 0.3 is 6.09 Å². The van der Waals surface area contributed by atoms with Crippen molar-refractivity contribution in [2.24, 2.45) is 0 Å². The molecule has 0 heterocycles. The summed E-state index contributed by atoms with van der Waals surface area (Å²) in [6.45, 7) is 5.60. The number of amides is 1. The minimum absolute atomic E-state index is 0.231. The summed E-state index contributed by atoms with van der Waals surface area (Å²) in [5.41, 5.74) is 7.83. The Bertz CT molecular complexity index is 720. The number of anilines is 1. The third-order valence-electron chi connectivity index (χ3n) is 4.31. The number of rotatable bonds is 3. The molecule has 3 rings (SSSR count). The van der Waals surface area contributed by atoms with Crippen LogP contribution in [0, 0.1) is 0 Å². The number of hydrogen-bond donors (Lipinski definition) is 2. The summed E-state index contributed by atoms with van der Waals surface area (Å²) in [4.78, 5) is 12.4. The average molecular weight is 324 g/mol. The standard InChI is InChI=1S/C20H24N2O2/c1-19(2,3)24-18(23)22-20(15-9-11-16(21)12-10-15)13-17(20)14-7-5-4-6-8-14/h4-12,17H,13,21H2,1-3H3,(H,22,23)/t17-,20-/m0/s1. The molecule has 1 saturated carbocycles. The average Bonchev–Trinajstić information content (AvgIpc) is 3.22. The van der Waals surface area contributed by atoms with Gasteiger partial charge in [-0.1, -0.05) is 42.5 Å². The highest BCUT2D eigenvalue weighted by molar-refractivity contribution is 5.71. The van der Waals surface area contributed by atoms with Gasteiger partial charge in [-0.3, -0.25) is 0 Å². The zero-order valence-corrected chi connectivity index (χ0v) is 14.4. The van der Waals surface area contributed by atoms with E-state index in [1.165, 1.54) is 5.56 Å². The van der Waals surface area contributed by atoms with Crippen molar-refractivity contribution in [2.75, 3.05) is 5.73 Å². The Kier molecular flexibility index (Phi) is 3.99. The first-order chi connectivity index (χ1) is 11.3. The van der Waals surface area contributed by atoms with Crippen LogP contribution >= 0.6 is 0 Å². The van der Waals surface area contributed by atoms with Gasteiger partial charge in [-0.15, -0.1) is 0 Å². The van der Waals surface area contributed by atoms with Gasteiger partial charge in [0.25, 0.3) is 0 Å². The van der Waals surface area contributed by atoms with Crippen molar-refractivity contribution in [2.45, 2.75) is 44.2 Å². The molecule has 1 fully saturated rings. The molecule has 3 N–H and O–H groups in total. The summed E-state index contributed by atoms with van der Waals surface area (Å²) < 4.78 is 5.47. The third kappa shape index (κ3) is 3.37. The van der Waals surface area contributed by atoms with Gasteiger partial charge in [-0.25, -0.2) is 4.79 Å². The molecule has 0 aromatic heterocycles. The van der Waals surface area contributed by atoms with E-state index in [0.29, 0.717) is 5.69 Å². The number of carbonyl (C=O) groups is 1. The predicted molar refractivity (Wildman–Crippen MR) is 95.7 cm³/mol. The number of benzene rings is 2. The van der Waals surface area contributed by atoms with Gasteiger partial charge in [0, 0.05) is 11.6 Å². The van der Waals surface area contributed by atoms with Crippen molar-refractivity contribution in [1.29, 1.82) is 0 Å². The van der Waals surface area contributed by atoms with Gasteiger partial charge in [-0.2, -0.15) is 0 Å². The van der Waals surface area contributed by atoms with Gasteiger partial charge in [0.15, 0.2) is 0 Å². The van der Waals surface area contributed by atoms with Crippen LogP contribution in [0.3, 0.4) is 0 Å². The maximum Gasteiger partial charge on any atom is 0.408 e. The quantitative estimate of drug-likeness (QED) is 0.833. The first kappa shape index (κ1) is 16.4. The van der Waals surface area contributed by atoms with Crippen LogP contribution in [-0.2, 0) is 10.3 Å². The molecule has 0 saturated heterocycles. The van der Waals surface area contributed by atoms with Crippen LogP contribution in [0.2, 0.25) is 0 Å². The fourth-order valence-electron chi connectivity index (χ4n) is 3.15. The molecule has 0 aliphatic heterocycles. The summed E-state index contributed by atoms with van der Waals surface area (Å²) in [6, 6.07) is 17.9. The lowest BCUT2D eigenvalue weighted by molar-refractivity contribution is 0.0493. The van der Waals surface area contributed by atoms with Crippen molar-refractivity contribution in [3.63, 3.8) is 0 Å². The molecule has 2 aromatic rings. The minimum atomic E-state index is -0.524. The molecule has 0 bridgehead atoms. The van der Waals surface area contributed by atoms with Crippen LogP contribution in [0.5, 0.6) is 0 Å². The van der Waals surface area contributed by atoms with Crippen LogP contribution in [0.1, 0.15) is 44.2 Å². The van der Waals surface area contributed by atoms with E-state index in [1.807, 2.05) is 63.2 Å².